The average Bonchev–Trinajstić information content (AvgIpc) is 2.26. The fourth-order valence-corrected chi connectivity index (χ4v) is 1.73. The second-order valence-electron chi connectivity index (χ2n) is 4.62. The van der Waals surface area contributed by atoms with Gasteiger partial charge in [-0.3, -0.25) is 0 Å². The lowest BCUT2D eigenvalue weighted by Crippen LogP contribution is -2.32. The van der Waals surface area contributed by atoms with Gasteiger partial charge < -0.3 is 10.1 Å². The van der Waals surface area contributed by atoms with Gasteiger partial charge in [-0.1, -0.05) is 6.92 Å². The van der Waals surface area contributed by atoms with Crippen molar-refractivity contribution < 1.29 is 9.53 Å². The van der Waals surface area contributed by atoms with E-state index in [1.807, 2.05) is 20.8 Å². The standard InChI is InChI=1S/C12H19N3O2S/c1-5-18-9-6-13-10(14-7-9)8-15-11(16)17-12(2,3)4/h6-7H,5,8H2,1-4H3,(H,15,16). The van der Waals surface area contributed by atoms with Crippen molar-refractivity contribution in [2.75, 3.05) is 5.75 Å². The first kappa shape index (κ1) is 14.8. The molecule has 6 heteroatoms. The number of aromatic nitrogens is 2. The maximum Gasteiger partial charge on any atom is 0.408 e. The molecule has 0 aliphatic heterocycles. The molecule has 0 radical (unpaired) electrons. The zero-order valence-electron chi connectivity index (χ0n) is 11.2. The number of carbonyl (C=O) groups excluding carboxylic acids is 1. The van der Waals surface area contributed by atoms with Gasteiger partial charge in [0.2, 0.25) is 0 Å². The van der Waals surface area contributed by atoms with E-state index in [2.05, 4.69) is 22.2 Å². The van der Waals surface area contributed by atoms with Crippen molar-refractivity contribution in [1.29, 1.82) is 0 Å². The summed E-state index contributed by atoms with van der Waals surface area (Å²) in [5.74, 6) is 1.56. The van der Waals surface area contributed by atoms with E-state index in [9.17, 15) is 4.79 Å². The van der Waals surface area contributed by atoms with Crippen LogP contribution in [0.4, 0.5) is 4.79 Å². The van der Waals surface area contributed by atoms with Crippen molar-refractivity contribution >= 4 is 17.9 Å². The van der Waals surface area contributed by atoms with Crippen molar-refractivity contribution in [2.45, 2.75) is 44.7 Å². The molecule has 100 valence electrons. The van der Waals surface area contributed by atoms with E-state index in [4.69, 9.17) is 4.74 Å². The van der Waals surface area contributed by atoms with E-state index in [0.717, 1.165) is 10.6 Å². The molecule has 0 unspecified atom stereocenters. The van der Waals surface area contributed by atoms with Crippen LogP contribution >= 0.6 is 11.8 Å². The zero-order valence-corrected chi connectivity index (χ0v) is 12.0. The normalized spacial score (nSPS) is 11.1. The van der Waals surface area contributed by atoms with Crippen LogP contribution in [0.1, 0.15) is 33.5 Å². The van der Waals surface area contributed by atoms with Crippen molar-refractivity contribution in [1.82, 2.24) is 15.3 Å². The highest BCUT2D eigenvalue weighted by molar-refractivity contribution is 7.99. The molecule has 1 aromatic heterocycles. The molecule has 1 aromatic rings. The molecule has 0 spiro atoms. The number of carbonyl (C=O) groups is 1. The quantitative estimate of drug-likeness (QED) is 0.851. The molecule has 1 N–H and O–H groups in total. The number of hydrogen-bond acceptors (Lipinski definition) is 5. The number of nitrogens with one attached hydrogen (secondary N) is 1. The molecule has 18 heavy (non-hydrogen) atoms. The molecule has 0 aliphatic carbocycles. The number of alkyl carbamates (subject to hydrolysis) is 1. The lowest BCUT2D eigenvalue weighted by atomic mass is 10.2. The first-order valence-electron chi connectivity index (χ1n) is 5.81. The molecule has 0 aromatic carbocycles. The van der Waals surface area contributed by atoms with Crippen LogP contribution in [0.2, 0.25) is 0 Å². The SMILES string of the molecule is CCSc1cnc(CNC(=O)OC(C)(C)C)nc1. The van der Waals surface area contributed by atoms with Crippen LogP contribution < -0.4 is 5.32 Å². The molecule has 0 aliphatic rings. The molecule has 0 saturated heterocycles. The van der Waals surface area contributed by atoms with Gasteiger partial charge in [0.05, 0.1) is 6.54 Å². The molecular weight excluding hydrogens is 250 g/mol. The van der Waals surface area contributed by atoms with E-state index in [0.29, 0.717) is 5.82 Å². The minimum Gasteiger partial charge on any atom is -0.444 e. The van der Waals surface area contributed by atoms with Gasteiger partial charge in [-0.15, -0.1) is 11.8 Å². The second kappa shape index (κ2) is 6.58. The number of thioether (sulfide) groups is 1. The highest BCUT2D eigenvalue weighted by atomic mass is 32.2. The maximum atomic E-state index is 11.4. The van der Waals surface area contributed by atoms with E-state index < -0.39 is 11.7 Å². The van der Waals surface area contributed by atoms with E-state index in [1.54, 1.807) is 24.2 Å². The molecule has 0 fully saturated rings. The van der Waals surface area contributed by atoms with Crippen LogP contribution in [-0.2, 0) is 11.3 Å². The predicted molar refractivity (Wildman–Crippen MR) is 71.5 cm³/mol. The predicted octanol–water partition coefficient (Wildman–Crippen LogP) is 2.61. The summed E-state index contributed by atoms with van der Waals surface area (Å²) in [5.41, 5.74) is -0.493. The first-order chi connectivity index (χ1) is 8.40. The zero-order chi connectivity index (χ0) is 13.6. The first-order valence-corrected chi connectivity index (χ1v) is 6.80. The smallest absolute Gasteiger partial charge is 0.408 e. The van der Waals surface area contributed by atoms with E-state index >= 15 is 0 Å². The molecule has 0 atom stereocenters. The van der Waals surface area contributed by atoms with Gasteiger partial charge in [-0.25, -0.2) is 14.8 Å². The van der Waals surface area contributed by atoms with Crippen LogP contribution in [0.25, 0.3) is 0 Å². The summed E-state index contributed by atoms with van der Waals surface area (Å²) < 4.78 is 5.11. The van der Waals surface area contributed by atoms with Gasteiger partial charge in [-0.05, 0) is 26.5 Å². The third-order valence-corrected chi connectivity index (χ3v) is 2.62. The van der Waals surface area contributed by atoms with Crippen LogP contribution in [-0.4, -0.2) is 27.4 Å². The number of rotatable bonds is 4. The van der Waals surface area contributed by atoms with Crippen LogP contribution in [0, 0.1) is 0 Å². The molecular formula is C12H19N3O2S. The Bertz CT molecular complexity index is 387. The maximum absolute atomic E-state index is 11.4. The Hall–Kier alpha value is -1.30. The van der Waals surface area contributed by atoms with E-state index in [1.165, 1.54) is 0 Å². The Labute approximate surface area is 112 Å². The summed E-state index contributed by atoms with van der Waals surface area (Å²) in [6, 6.07) is 0. The Kier molecular flexibility index (Phi) is 5.40. The topological polar surface area (TPSA) is 64.1 Å². The van der Waals surface area contributed by atoms with Gasteiger partial charge in [0.1, 0.15) is 11.4 Å². The highest BCUT2D eigenvalue weighted by Gasteiger charge is 2.15. The highest BCUT2D eigenvalue weighted by Crippen LogP contribution is 2.14. The summed E-state index contributed by atoms with van der Waals surface area (Å²) >= 11 is 1.68. The minimum absolute atomic E-state index is 0.270. The summed E-state index contributed by atoms with van der Waals surface area (Å²) in [4.78, 5) is 20.8. The number of ether oxygens (including phenoxy) is 1. The molecule has 0 bridgehead atoms. The lowest BCUT2D eigenvalue weighted by Gasteiger charge is -2.19. The molecule has 5 nitrogen and oxygen atoms in total. The number of amides is 1. The minimum atomic E-state index is -0.493. The third kappa shape index (κ3) is 5.86. The summed E-state index contributed by atoms with van der Waals surface area (Å²) in [7, 11) is 0. The summed E-state index contributed by atoms with van der Waals surface area (Å²) in [5, 5.41) is 2.61. The van der Waals surface area contributed by atoms with E-state index in [-0.39, 0.29) is 6.54 Å². The van der Waals surface area contributed by atoms with Crippen LogP contribution in [0.5, 0.6) is 0 Å². The van der Waals surface area contributed by atoms with Gasteiger partial charge in [-0.2, -0.15) is 0 Å². The summed E-state index contributed by atoms with van der Waals surface area (Å²) in [6.07, 6.45) is 3.05. The average molecular weight is 269 g/mol. The fraction of sp³-hybridized carbons (Fsp3) is 0.583. The van der Waals surface area contributed by atoms with Gasteiger partial charge in [0.25, 0.3) is 0 Å². The Balaban J connectivity index is 2.41. The molecule has 1 amide bonds. The third-order valence-electron chi connectivity index (χ3n) is 1.78. The number of hydrogen-bond donors (Lipinski definition) is 1. The molecule has 1 heterocycles. The monoisotopic (exact) mass is 269 g/mol. The Morgan fingerprint density at radius 1 is 1.39 bits per heavy atom. The van der Waals surface area contributed by atoms with Gasteiger partial charge >= 0.3 is 6.09 Å². The van der Waals surface area contributed by atoms with Crippen molar-refractivity contribution in [3.8, 4) is 0 Å². The fourth-order valence-electron chi connectivity index (χ4n) is 1.14. The summed E-state index contributed by atoms with van der Waals surface area (Å²) in [6.45, 7) is 7.80. The Morgan fingerprint density at radius 2 is 2.00 bits per heavy atom. The number of nitrogens with zero attached hydrogens (tertiary/aromatic N) is 2. The van der Waals surface area contributed by atoms with Crippen LogP contribution in [0.15, 0.2) is 17.3 Å². The molecule has 1 rings (SSSR count). The molecule has 0 saturated carbocycles. The largest absolute Gasteiger partial charge is 0.444 e. The van der Waals surface area contributed by atoms with Gasteiger partial charge in [0.15, 0.2) is 0 Å². The van der Waals surface area contributed by atoms with Crippen LogP contribution in [0.3, 0.4) is 0 Å². The Morgan fingerprint density at radius 3 is 2.50 bits per heavy atom. The lowest BCUT2D eigenvalue weighted by molar-refractivity contribution is 0.0522. The second-order valence-corrected chi connectivity index (χ2v) is 5.96. The van der Waals surface area contributed by atoms with Crippen molar-refractivity contribution in [2.24, 2.45) is 0 Å². The van der Waals surface area contributed by atoms with Crippen molar-refractivity contribution in [3.63, 3.8) is 0 Å². The van der Waals surface area contributed by atoms with Gasteiger partial charge in [0, 0.05) is 17.3 Å². The van der Waals surface area contributed by atoms with Crippen molar-refractivity contribution in [3.05, 3.63) is 18.2 Å².